The number of hydrogen-bond acceptors (Lipinski definition) is 5. The molecule has 0 aliphatic heterocycles. The number of aromatic nitrogens is 3. The molecule has 2 heterocycles. The van der Waals surface area contributed by atoms with Crippen LogP contribution in [0.15, 0.2) is 65.8 Å². The largest absolute Gasteiger partial charge is 0.348 e. The van der Waals surface area contributed by atoms with Crippen molar-refractivity contribution in [1.29, 1.82) is 0 Å². The van der Waals surface area contributed by atoms with E-state index in [0.717, 1.165) is 11.3 Å². The van der Waals surface area contributed by atoms with Crippen LogP contribution in [0.3, 0.4) is 0 Å². The Morgan fingerprint density at radius 1 is 1.03 bits per heavy atom. The van der Waals surface area contributed by atoms with Gasteiger partial charge in [-0.25, -0.2) is 4.98 Å². The minimum Gasteiger partial charge on any atom is -0.348 e. The molecule has 0 spiro atoms. The second kappa shape index (κ2) is 7.45. The van der Waals surface area contributed by atoms with Gasteiger partial charge >= 0.3 is 0 Å². The predicted molar refractivity (Wildman–Crippen MR) is 117 cm³/mol. The molecule has 7 heteroatoms. The van der Waals surface area contributed by atoms with Crippen LogP contribution in [0.4, 0.5) is 0 Å². The van der Waals surface area contributed by atoms with Crippen LogP contribution in [-0.2, 0) is 17.8 Å². The summed E-state index contributed by atoms with van der Waals surface area (Å²) in [5.41, 5.74) is 9.04. The molecule has 154 valence electrons. The summed E-state index contributed by atoms with van der Waals surface area (Å²) in [4.78, 5) is 46.1. The lowest BCUT2D eigenvalue weighted by molar-refractivity contribution is -0.120. The van der Waals surface area contributed by atoms with Crippen molar-refractivity contribution < 1.29 is 9.59 Å². The summed E-state index contributed by atoms with van der Waals surface area (Å²) >= 11 is 0. The Balaban J connectivity index is 1.55. The Morgan fingerprint density at radius 3 is 2.48 bits per heavy atom. The Labute approximate surface area is 177 Å². The van der Waals surface area contributed by atoms with Gasteiger partial charge in [-0.1, -0.05) is 42.5 Å². The van der Waals surface area contributed by atoms with Crippen molar-refractivity contribution in [3.63, 3.8) is 0 Å². The Hall–Kier alpha value is -3.84. The summed E-state index contributed by atoms with van der Waals surface area (Å²) in [5, 5.41) is 1.11. The third-order valence-electron chi connectivity index (χ3n) is 5.82. The van der Waals surface area contributed by atoms with E-state index in [0.29, 0.717) is 34.0 Å². The lowest BCUT2D eigenvalue weighted by Crippen LogP contribution is -2.34. The summed E-state index contributed by atoms with van der Waals surface area (Å²) in [6.07, 6.45) is 3.62. The molecule has 0 bridgehead atoms. The first-order valence-electron chi connectivity index (χ1n) is 10.1. The molecular formula is C24H20N4O3. The number of pyridine rings is 1. The summed E-state index contributed by atoms with van der Waals surface area (Å²) < 4.78 is 1.56. The molecule has 31 heavy (non-hydrogen) atoms. The number of Topliss-reactive ketones (excluding diaryl/α,β-unsaturated/α-hetero) is 1. The first-order chi connectivity index (χ1) is 15.1. The third-order valence-corrected chi connectivity index (χ3v) is 5.82. The van der Waals surface area contributed by atoms with Gasteiger partial charge in [0, 0.05) is 53.2 Å². The number of ketones is 2. The molecule has 1 atom stereocenters. The minimum absolute atomic E-state index is 0.0936. The molecule has 0 fully saturated rings. The first kappa shape index (κ1) is 19.1. The zero-order chi connectivity index (χ0) is 21.5. The van der Waals surface area contributed by atoms with E-state index < -0.39 is 6.04 Å². The van der Waals surface area contributed by atoms with Crippen molar-refractivity contribution >= 4 is 22.3 Å². The van der Waals surface area contributed by atoms with E-state index in [1.54, 1.807) is 41.4 Å². The zero-order valence-corrected chi connectivity index (χ0v) is 16.7. The number of benzene rings is 2. The maximum atomic E-state index is 13.3. The van der Waals surface area contributed by atoms with Crippen molar-refractivity contribution in [2.45, 2.75) is 25.4 Å². The van der Waals surface area contributed by atoms with Crippen LogP contribution >= 0.6 is 0 Å². The Morgan fingerprint density at radius 2 is 1.74 bits per heavy atom. The quantitative estimate of drug-likeness (QED) is 0.445. The molecule has 4 aromatic rings. The van der Waals surface area contributed by atoms with Gasteiger partial charge in [0.2, 0.25) is 0 Å². The van der Waals surface area contributed by atoms with Crippen LogP contribution in [0.25, 0.3) is 22.0 Å². The number of hydrogen-bond donors (Lipinski definition) is 2. The maximum absolute atomic E-state index is 13.3. The summed E-state index contributed by atoms with van der Waals surface area (Å²) in [6, 6.07) is 13.7. The molecule has 0 radical (unpaired) electrons. The van der Waals surface area contributed by atoms with Crippen LogP contribution in [0.2, 0.25) is 0 Å². The van der Waals surface area contributed by atoms with Gasteiger partial charge in [-0.05, 0) is 6.07 Å². The lowest BCUT2D eigenvalue weighted by Gasteiger charge is -2.16. The average molecular weight is 412 g/mol. The maximum Gasteiger partial charge on any atom is 0.258 e. The van der Waals surface area contributed by atoms with Gasteiger partial charge < -0.3 is 15.3 Å². The predicted octanol–water partition coefficient (Wildman–Crippen LogP) is 2.47. The fourth-order valence-corrected chi connectivity index (χ4v) is 4.30. The highest BCUT2D eigenvalue weighted by Gasteiger charge is 2.32. The number of carbonyl (C=O) groups is 2. The number of nitrogens with one attached hydrogen (secondary N) is 1. The van der Waals surface area contributed by atoms with E-state index in [2.05, 4.69) is 9.97 Å². The fourth-order valence-electron chi connectivity index (χ4n) is 4.30. The van der Waals surface area contributed by atoms with Crippen LogP contribution in [0.5, 0.6) is 0 Å². The Kier molecular flexibility index (Phi) is 4.60. The average Bonchev–Trinajstić information content (AvgIpc) is 3.40. The molecule has 5 rings (SSSR count). The van der Waals surface area contributed by atoms with Crippen LogP contribution in [0.1, 0.15) is 28.0 Å². The fraction of sp³-hybridized carbons (Fsp3) is 0.167. The number of rotatable bonds is 6. The smallest absolute Gasteiger partial charge is 0.258 e. The summed E-state index contributed by atoms with van der Waals surface area (Å²) in [6.45, 7) is 0.156. The van der Waals surface area contributed by atoms with Crippen LogP contribution < -0.4 is 11.3 Å². The van der Waals surface area contributed by atoms with E-state index >= 15 is 0 Å². The molecular weight excluding hydrogens is 392 g/mol. The number of carbonyl (C=O) groups excluding carboxylic acids is 2. The molecule has 0 saturated carbocycles. The van der Waals surface area contributed by atoms with E-state index in [1.165, 1.54) is 0 Å². The Bertz CT molecular complexity index is 1390. The highest BCUT2D eigenvalue weighted by Crippen LogP contribution is 2.39. The summed E-state index contributed by atoms with van der Waals surface area (Å²) in [5.74, 6) is -0.251. The molecule has 7 nitrogen and oxygen atoms in total. The molecule has 1 aliphatic carbocycles. The zero-order valence-electron chi connectivity index (χ0n) is 16.7. The topological polar surface area (TPSA) is 111 Å². The highest BCUT2D eigenvalue weighted by molar-refractivity contribution is 6.26. The lowest BCUT2D eigenvalue weighted by atomic mass is 10.0. The second-order valence-corrected chi connectivity index (χ2v) is 7.70. The standard InChI is InChI=1S/C24H20N4O3/c25-19(11-14-12-26-13-27-14)20(29)9-10-28-22-16-6-2-3-7-17(16)23(30)21(22)15-5-1-4-8-18(15)24(28)31/h1-8,12-13,19H,9-11,25H2,(H,26,27)/t19-/m0/s1. The monoisotopic (exact) mass is 412 g/mol. The summed E-state index contributed by atoms with van der Waals surface area (Å²) in [7, 11) is 0. The molecule has 0 saturated heterocycles. The van der Waals surface area contributed by atoms with Crippen molar-refractivity contribution in [1.82, 2.24) is 14.5 Å². The van der Waals surface area contributed by atoms with E-state index in [1.807, 2.05) is 24.3 Å². The van der Waals surface area contributed by atoms with Crippen molar-refractivity contribution in [2.75, 3.05) is 0 Å². The number of imidazole rings is 1. The number of aromatic amines is 1. The van der Waals surface area contributed by atoms with E-state index in [9.17, 15) is 14.4 Å². The van der Waals surface area contributed by atoms with Gasteiger partial charge in [0.05, 0.1) is 23.6 Å². The number of fused-ring (bicyclic) bond motifs is 5. The van der Waals surface area contributed by atoms with E-state index in [4.69, 9.17) is 5.73 Å². The molecule has 0 unspecified atom stereocenters. The number of H-pyrrole nitrogens is 1. The van der Waals surface area contributed by atoms with Crippen LogP contribution in [-0.4, -0.2) is 32.1 Å². The first-order valence-corrected chi connectivity index (χ1v) is 10.1. The van der Waals surface area contributed by atoms with Gasteiger partial charge in [-0.15, -0.1) is 0 Å². The van der Waals surface area contributed by atoms with Gasteiger partial charge in [-0.2, -0.15) is 0 Å². The molecule has 2 aromatic heterocycles. The van der Waals surface area contributed by atoms with Crippen molar-refractivity contribution in [2.24, 2.45) is 5.73 Å². The van der Waals surface area contributed by atoms with Gasteiger partial charge in [0.1, 0.15) is 0 Å². The number of nitrogens with zero attached hydrogens (tertiary/aromatic N) is 2. The van der Waals surface area contributed by atoms with Crippen molar-refractivity contribution in [3.05, 3.63) is 88.2 Å². The van der Waals surface area contributed by atoms with Crippen molar-refractivity contribution in [3.8, 4) is 11.3 Å². The van der Waals surface area contributed by atoms with Gasteiger partial charge in [0.15, 0.2) is 11.6 Å². The van der Waals surface area contributed by atoms with Crippen LogP contribution in [0, 0.1) is 0 Å². The normalized spacial score (nSPS) is 13.3. The SMILES string of the molecule is N[C@@H](Cc1cnc[nH]1)C(=O)CCn1c2c(c3ccccc3c1=O)C(=O)c1ccccc1-2. The number of nitrogens with two attached hydrogens (primary N) is 1. The molecule has 2 aromatic carbocycles. The van der Waals surface area contributed by atoms with Gasteiger partial charge in [0.25, 0.3) is 5.56 Å². The second-order valence-electron chi connectivity index (χ2n) is 7.70. The molecule has 3 N–H and O–H groups in total. The minimum atomic E-state index is -0.696. The highest BCUT2D eigenvalue weighted by atomic mass is 16.1. The van der Waals surface area contributed by atoms with E-state index in [-0.39, 0.29) is 30.1 Å². The third kappa shape index (κ3) is 3.10. The van der Waals surface area contributed by atoms with Gasteiger partial charge in [-0.3, -0.25) is 14.4 Å². The molecule has 0 amide bonds. The molecule has 1 aliphatic rings.